The molecule has 0 bridgehead atoms. The van der Waals surface area contributed by atoms with Crippen LogP contribution in [0.25, 0.3) is 28.1 Å². The van der Waals surface area contributed by atoms with Crippen molar-refractivity contribution in [2.24, 2.45) is 4.99 Å². The van der Waals surface area contributed by atoms with Gasteiger partial charge in [0.15, 0.2) is 0 Å². The Morgan fingerprint density at radius 3 is 2.53 bits per heavy atom. The topological polar surface area (TPSA) is 64.3 Å². The lowest BCUT2D eigenvalue weighted by Gasteiger charge is -2.22. The fourth-order valence-electron chi connectivity index (χ4n) is 4.79. The fourth-order valence-corrected chi connectivity index (χ4v) is 4.79. The van der Waals surface area contributed by atoms with E-state index in [1.54, 1.807) is 0 Å². The summed E-state index contributed by atoms with van der Waals surface area (Å²) in [6.45, 7) is 5.62. The van der Waals surface area contributed by atoms with Crippen LogP contribution in [0.2, 0.25) is 0 Å². The maximum Gasteiger partial charge on any atom is 0.0900 e. The van der Waals surface area contributed by atoms with E-state index < -0.39 is 0 Å². The van der Waals surface area contributed by atoms with Gasteiger partial charge in [-0.3, -0.25) is 9.98 Å². The number of nitrogens with one attached hydrogen (secondary N) is 1. The molecule has 6 heteroatoms. The minimum atomic E-state index is 0.230. The molecule has 0 atom stereocenters. The highest BCUT2D eigenvalue weighted by Gasteiger charge is 2.18. The SMILES string of the molecule is Cc1ccc(-n2c3c/c(=N\C4CCOCC4)c(Nc4cccnc4C)cc-3nc3ccccc32)cc1. The summed E-state index contributed by atoms with van der Waals surface area (Å²) in [6, 6.07) is 25.5. The summed E-state index contributed by atoms with van der Waals surface area (Å²) in [6.07, 6.45) is 3.67. The number of hydrogen-bond acceptors (Lipinski definition) is 5. The average Bonchev–Trinajstić information content (AvgIpc) is 2.90. The molecule has 0 unspecified atom stereocenters. The predicted molar refractivity (Wildman–Crippen MR) is 144 cm³/mol. The molecule has 180 valence electrons. The number of rotatable bonds is 4. The smallest absolute Gasteiger partial charge is 0.0900 e. The quantitative estimate of drug-likeness (QED) is 0.326. The van der Waals surface area contributed by atoms with Gasteiger partial charge >= 0.3 is 0 Å². The van der Waals surface area contributed by atoms with Crippen LogP contribution < -0.4 is 10.7 Å². The number of anilines is 2. The maximum absolute atomic E-state index is 5.59. The molecule has 36 heavy (non-hydrogen) atoms. The first kappa shape index (κ1) is 22.4. The third-order valence-corrected chi connectivity index (χ3v) is 6.78. The van der Waals surface area contributed by atoms with Gasteiger partial charge in [0.25, 0.3) is 0 Å². The zero-order valence-corrected chi connectivity index (χ0v) is 20.6. The van der Waals surface area contributed by atoms with Crippen molar-refractivity contribution in [3.63, 3.8) is 0 Å². The van der Waals surface area contributed by atoms with Gasteiger partial charge in [-0.2, -0.15) is 0 Å². The number of para-hydroxylation sites is 2. The van der Waals surface area contributed by atoms with Crippen LogP contribution in [0, 0.1) is 13.8 Å². The maximum atomic E-state index is 5.59. The highest BCUT2D eigenvalue weighted by atomic mass is 16.5. The van der Waals surface area contributed by atoms with E-state index >= 15 is 0 Å². The third-order valence-electron chi connectivity index (χ3n) is 6.78. The summed E-state index contributed by atoms with van der Waals surface area (Å²) in [5, 5.41) is 4.53. The minimum Gasteiger partial charge on any atom is -0.381 e. The number of aryl methyl sites for hydroxylation is 2. The van der Waals surface area contributed by atoms with Crippen LogP contribution >= 0.6 is 0 Å². The molecule has 0 amide bonds. The first-order chi connectivity index (χ1) is 17.7. The Hall–Kier alpha value is -4.03. The molecule has 0 spiro atoms. The van der Waals surface area contributed by atoms with E-state index in [4.69, 9.17) is 14.7 Å². The summed E-state index contributed by atoms with van der Waals surface area (Å²) in [5.41, 5.74) is 9.12. The van der Waals surface area contributed by atoms with E-state index in [9.17, 15) is 0 Å². The molecule has 0 radical (unpaired) electrons. The van der Waals surface area contributed by atoms with Gasteiger partial charge in [0, 0.05) is 25.1 Å². The Labute approximate surface area is 210 Å². The zero-order valence-electron chi connectivity index (χ0n) is 20.6. The highest BCUT2D eigenvalue weighted by molar-refractivity contribution is 5.84. The fraction of sp³-hybridized carbons (Fsp3) is 0.233. The molecule has 3 aromatic rings. The molecule has 1 aromatic heterocycles. The van der Waals surface area contributed by atoms with Crippen LogP contribution in [0.4, 0.5) is 11.4 Å². The standard InChI is InChI=1S/C30H29N5O/c1-20-9-11-23(12-10-20)35-29-8-4-3-6-25(29)34-28-18-26(33-24-7-5-15-31-21(24)2)27(19-30(28)35)32-22-13-16-36-17-14-22/h3-12,15,18-19,22,33H,13-14,16-17H2,1-2H3/b32-27+. The van der Waals surface area contributed by atoms with Crippen LogP contribution in [0.15, 0.2) is 84.0 Å². The van der Waals surface area contributed by atoms with E-state index in [1.807, 2.05) is 31.3 Å². The molecular weight excluding hydrogens is 446 g/mol. The summed E-state index contributed by atoms with van der Waals surface area (Å²) in [5.74, 6) is 0. The zero-order chi connectivity index (χ0) is 24.5. The molecule has 1 N–H and O–H groups in total. The van der Waals surface area contributed by atoms with E-state index in [0.717, 1.165) is 76.6 Å². The molecule has 1 aliphatic carbocycles. The van der Waals surface area contributed by atoms with E-state index in [0.29, 0.717) is 0 Å². The van der Waals surface area contributed by atoms with Crippen LogP contribution in [0.3, 0.4) is 0 Å². The van der Waals surface area contributed by atoms with Crippen molar-refractivity contribution in [2.75, 3.05) is 18.5 Å². The van der Waals surface area contributed by atoms with Crippen molar-refractivity contribution < 1.29 is 4.74 Å². The Morgan fingerprint density at radius 1 is 0.917 bits per heavy atom. The molecular formula is C30H29N5O. The van der Waals surface area contributed by atoms with Gasteiger partial charge in [-0.1, -0.05) is 29.8 Å². The second kappa shape index (κ2) is 9.55. The van der Waals surface area contributed by atoms with Crippen LogP contribution in [0.5, 0.6) is 0 Å². The Balaban J connectivity index is 1.63. The summed E-state index contributed by atoms with van der Waals surface area (Å²) in [4.78, 5) is 14.7. The van der Waals surface area contributed by atoms with E-state index in [2.05, 4.69) is 76.4 Å². The number of nitrogens with zero attached hydrogens (tertiary/aromatic N) is 4. The molecule has 6 rings (SSSR count). The Bertz CT molecular complexity index is 1570. The first-order valence-electron chi connectivity index (χ1n) is 12.5. The van der Waals surface area contributed by atoms with Crippen molar-refractivity contribution in [3.8, 4) is 17.1 Å². The molecule has 3 aliphatic rings. The molecule has 2 aliphatic heterocycles. The predicted octanol–water partition coefficient (Wildman–Crippen LogP) is 5.97. The van der Waals surface area contributed by atoms with Crippen molar-refractivity contribution in [3.05, 3.63) is 95.6 Å². The normalized spacial score (nSPS) is 15.0. The average molecular weight is 476 g/mol. The molecule has 6 nitrogen and oxygen atoms in total. The molecule has 2 aromatic carbocycles. The summed E-state index contributed by atoms with van der Waals surface area (Å²) >= 11 is 0. The van der Waals surface area contributed by atoms with Crippen molar-refractivity contribution in [1.82, 2.24) is 14.5 Å². The van der Waals surface area contributed by atoms with Crippen LogP contribution in [-0.2, 0) is 4.74 Å². The minimum absolute atomic E-state index is 0.230. The van der Waals surface area contributed by atoms with Gasteiger partial charge in [-0.05, 0) is 75.2 Å². The third kappa shape index (κ3) is 4.36. The number of hydrogen-bond donors (Lipinski definition) is 1. The van der Waals surface area contributed by atoms with Crippen molar-refractivity contribution in [2.45, 2.75) is 32.7 Å². The summed E-state index contributed by atoms with van der Waals surface area (Å²) < 4.78 is 7.88. The number of fused-ring (bicyclic) bond motifs is 2. The van der Waals surface area contributed by atoms with Crippen molar-refractivity contribution >= 4 is 22.4 Å². The number of pyridine rings is 1. The molecule has 0 saturated carbocycles. The highest BCUT2D eigenvalue weighted by Crippen LogP contribution is 2.31. The lowest BCUT2D eigenvalue weighted by molar-refractivity contribution is 0.0864. The van der Waals surface area contributed by atoms with Crippen molar-refractivity contribution in [1.29, 1.82) is 0 Å². The Kier molecular flexibility index (Phi) is 5.95. The first-order valence-corrected chi connectivity index (χ1v) is 12.5. The Morgan fingerprint density at radius 2 is 1.72 bits per heavy atom. The second-order valence-electron chi connectivity index (χ2n) is 9.36. The van der Waals surface area contributed by atoms with Crippen LogP contribution in [0.1, 0.15) is 24.1 Å². The number of benzene rings is 3. The van der Waals surface area contributed by atoms with E-state index in [1.165, 1.54) is 5.56 Å². The number of ether oxygens (including phenoxy) is 1. The van der Waals surface area contributed by atoms with Gasteiger partial charge in [-0.15, -0.1) is 0 Å². The number of aromatic nitrogens is 3. The van der Waals surface area contributed by atoms with Gasteiger partial charge in [0.05, 0.1) is 50.9 Å². The molecule has 1 fully saturated rings. The van der Waals surface area contributed by atoms with Gasteiger partial charge in [-0.25, -0.2) is 4.98 Å². The second-order valence-corrected chi connectivity index (χ2v) is 9.36. The van der Waals surface area contributed by atoms with Gasteiger partial charge in [0.1, 0.15) is 0 Å². The largest absolute Gasteiger partial charge is 0.381 e. The monoisotopic (exact) mass is 475 g/mol. The lowest BCUT2D eigenvalue weighted by Crippen LogP contribution is -2.23. The molecule has 3 heterocycles. The molecule has 1 saturated heterocycles. The van der Waals surface area contributed by atoms with Gasteiger partial charge in [0.2, 0.25) is 0 Å². The van der Waals surface area contributed by atoms with Gasteiger partial charge < -0.3 is 14.6 Å². The van der Waals surface area contributed by atoms with Crippen LogP contribution in [-0.4, -0.2) is 33.8 Å². The summed E-state index contributed by atoms with van der Waals surface area (Å²) in [7, 11) is 0. The lowest BCUT2D eigenvalue weighted by atomic mass is 10.1. The van der Waals surface area contributed by atoms with E-state index in [-0.39, 0.29) is 6.04 Å².